The van der Waals surface area contributed by atoms with Crippen LogP contribution in [0.25, 0.3) is 10.8 Å². The molecule has 0 atom stereocenters. The predicted octanol–water partition coefficient (Wildman–Crippen LogP) is 4.75. The molecule has 0 unspecified atom stereocenters. The third-order valence-corrected chi connectivity index (χ3v) is 3.81. The summed E-state index contributed by atoms with van der Waals surface area (Å²) in [5.41, 5.74) is 1.97. The molecule has 1 N–H and O–H groups in total. The maximum atomic E-state index is 13.1. The van der Waals surface area contributed by atoms with Gasteiger partial charge < -0.3 is 5.32 Å². The highest BCUT2D eigenvalue weighted by Gasteiger charge is 2.04. The Labute approximate surface area is 124 Å². The van der Waals surface area contributed by atoms with E-state index in [0.29, 0.717) is 11.0 Å². The highest BCUT2D eigenvalue weighted by atomic mass is 79.9. The van der Waals surface area contributed by atoms with Gasteiger partial charge in [0.15, 0.2) is 0 Å². The van der Waals surface area contributed by atoms with Gasteiger partial charge in [0.1, 0.15) is 5.82 Å². The first-order valence-electron chi connectivity index (χ1n) is 6.24. The van der Waals surface area contributed by atoms with E-state index < -0.39 is 0 Å². The van der Waals surface area contributed by atoms with E-state index in [9.17, 15) is 4.39 Å². The number of aromatic nitrogens is 1. The first-order valence-corrected chi connectivity index (χ1v) is 7.04. The van der Waals surface area contributed by atoms with Crippen LogP contribution in [-0.4, -0.2) is 4.98 Å². The molecule has 0 spiro atoms. The summed E-state index contributed by atoms with van der Waals surface area (Å²) < 4.78 is 13.8. The zero-order chi connectivity index (χ0) is 13.9. The monoisotopic (exact) mass is 330 g/mol. The molecule has 0 amide bonds. The summed E-state index contributed by atoms with van der Waals surface area (Å²) in [5.74, 6) is -0.255. The fourth-order valence-electron chi connectivity index (χ4n) is 2.14. The second-order valence-corrected chi connectivity index (χ2v) is 5.35. The summed E-state index contributed by atoms with van der Waals surface area (Å²) in [4.78, 5) is 4.25. The molecule has 3 rings (SSSR count). The third-order valence-electron chi connectivity index (χ3n) is 3.15. The Balaban J connectivity index is 1.87. The van der Waals surface area contributed by atoms with Crippen molar-refractivity contribution in [1.82, 2.24) is 4.98 Å². The molecule has 3 aromatic rings. The molecule has 2 aromatic carbocycles. The molecule has 1 aromatic heterocycles. The lowest BCUT2D eigenvalue weighted by Gasteiger charge is -2.10. The Bertz CT molecular complexity index is 753. The molecule has 0 aliphatic heterocycles. The van der Waals surface area contributed by atoms with E-state index in [2.05, 4.69) is 32.3 Å². The maximum absolute atomic E-state index is 13.1. The Hall–Kier alpha value is -1.94. The fraction of sp³-hybridized carbons (Fsp3) is 0.0625. The van der Waals surface area contributed by atoms with Crippen molar-refractivity contribution in [3.05, 3.63) is 70.7 Å². The second kappa shape index (κ2) is 5.59. The van der Waals surface area contributed by atoms with Crippen LogP contribution in [0.15, 0.2) is 59.3 Å². The number of hydrogen-bond donors (Lipinski definition) is 1. The lowest BCUT2D eigenvalue weighted by molar-refractivity contribution is 0.627. The van der Waals surface area contributed by atoms with Crippen molar-refractivity contribution in [2.75, 3.05) is 5.32 Å². The van der Waals surface area contributed by atoms with Crippen LogP contribution < -0.4 is 5.32 Å². The lowest BCUT2D eigenvalue weighted by atomic mass is 10.1. The van der Waals surface area contributed by atoms with Gasteiger partial charge in [-0.1, -0.05) is 24.3 Å². The summed E-state index contributed by atoms with van der Waals surface area (Å²) in [6.45, 7) is 0.637. The van der Waals surface area contributed by atoms with Crippen molar-refractivity contribution in [1.29, 1.82) is 0 Å². The number of pyridine rings is 1. The van der Waals surface area contributed by atoms with Crippen molar-refractivity contribution in [2.24, 2.45) is 0 Å². The number of hydrogen-bond acceptors (Lipinski definition) is 2. The van der Waals surface area contributed by atoms with Gasteiger partial charge in [-0.05, 0) is 45.1 Å². The minimum atomic E-state index is -0.255. The fourth-order valence-corrected chi connectivity index (χ4v) is 2.63. The number of nitrogens with one attached hydrogen (secondary N) is 1. The standard InChI is InChI=1S/C16H12BrFN2/c17-15-7-13(18)5-6-16(15)20-10-12-9-19-8-11-3-1-2-4-14(11)12/h1-9,20H,10H2. The molecule has 1 heterocycles. The summed E-state index contributed by atoms with van der Waals surface area (Å²) in [6, 6.07) is 12.7. The highest BCUT2D eigenvalue weighted by molar-refractivity contribution is 9.10. The number of anilines is 1. The number of rotatable bonds is 3. The van der Waals surface area contributed by atoms with Crippen LogP contribution >= 0.6 is 15.9 Å². The van der Waals surface area contributed by atoms with Gasteiger partial charge in [0.05, 0.1) is 0 Å². The van der Waals surface area contributed by atoms with Gasteiger partial charge in [-0.3, -0.25) is 4.98 Å². The minimum absolute atomic E-state index is 0.255. The Morgan fingerprint density at radius 2 is 1.95 bits per heavy atom. The van der Waals surface area contributed by atoms with Gasteiger partial charge in [0.2, 0.25) is 0 Å². The van der Waals surface area contributed by atoms with Crippen LogP contribution in [0.5, 0.6) is 0 Å². The molecule has 2 nitrogen and oxygen atoms in total. The SMILES string of the molecule is Fc1ccc(NCc2cncc3ccccc23)c(Br)c1. The average molecular weight is 331 g/mol. The smallest absolute Gasteiger partial charge is 0.124 e. The van der Waals surface area contributed by atoms with Gasteiger partial charge in [0, 0.05) is 34.5 Å². The molecule has 4 heteroatoms. The zero-order valence-corrected chi connectivity index (χ0v) is 12.2. The summed E-state index contributed by atoms with van der Waals surface area (Å²) in [5, 5.41) is 5.59. The molecule has 0 bridgehead atoms. The van der Waals surface area contributed by atoms with E-state index in [1.807, 2.05) is 30.6 Å². The first kappa shape index (κ1) is 13.1. The average Bonchev–Trinajstić information content (AvgIpc) is 2.46. The van der Waals surface area contributed by atoms with Crippen LogP contribution in [0, 0.1) is 5.82 Å². The molecule has 0 aliphatic rings. The van der Waals surface area contributed by atoms with Crippen molar-refractivity contribution >= 4 is 32.4 Å². The maximum Gasteiger partial charge on any atom is 0.124 e. The Morgan fingerprint density at radius 3 is 2.80 bits per heavy atom. The van der Waals surface area contributed by atoms with Gasteiger partial charge in [-0.15, -0.1) is 0 Å². The summed E-state index contributed by atoms with van der Waals surface area (Å²) in [7, 11) is 0. The van der Waals surface area contributed by atoms with Crippen LogP contribution in [0.2, 0.25) is 0 Å². The molecule has 0 fully saturated rings. The summed E-state index contributed by atoms with van der Waals surface area (Å²) in [6.07, 6.45) is 3.71. The van der Waals surface area contributed by atoms with Crippen LogP contribution in [-0.2, 0) is 6.54 Å². The van der Waals surface area contributed by atoms with Gasteiger partial charge in [-0.2, -0.15) is 0 Å². The number of fused-ring (bicyclic) bond motifs is 1. The second-order valence-electron chi connectivity index (χ2n) is 4.50. The first-order chi connectivity index (χ1) is 9.74. The van der Waals surface area contributed by atoms with Crippen LogP contribution in [0.3, 0.4) is 0 Å². The van der Waals surface area contributed by atoms with Crippen molar-refractivity contribution in [3.8, 4) is 0 Å². The van der Waals surface area contributed by atoms with Crippen molar-refractivity contribution in [2.45, 2.75) is 6.54 Å². The van der Waals surface area contributed by atoms with E-state index in [4.69, 9.17) is 0 Å². The van der Waals surface area contributed by atoms with Gasteiger partial charge >= 0.3 is 0 Å². The normalized spacial score (nSPS) is 10.7. The van der Waals surface area contributed by atoms with E-state index in [-0.39, 0.29) is 5.82 Å². The molecule has 0 aliphatic carbocycles. The molecular weight excluding hydrogens is 319 g/mol. The van der Waals surface area contributed by atoms with Gasteiger partial charge in [0.25, 0.3) is 0 Å². The number of benzene rings is 2. The zero-order valence-electron chi connectivity index (χ0n) is 10.6. The number of nitrogens with zero attached hydrogens (tertiary/aromatic N) is 1. The van der Waals surface area contributed by atoms with E-state index in [0.717, 1.165) is 16.6 Å². The van der Waals surface area contributed by atoms with E-state index >= 15 is 0 Å². The predicted molar refractivity (Wildman–Crippen MR) is 83.2 cm³/mol. The van der Waals surface area contributed by atoms with Crippen molar-refractivity contribution < 1.29 is 4.39 Å². The quantitative estimate of drug-likeness (QED) is 0.749. The Morgan fingerprint density at radius 1 is 1.10 bits per heavy atom. The molecule has 0 saturated heterocycles. The molecule has 100 valence electrons. The van der Waals surface area contributed by atoms with E-state index in [1.165, 1.54) is 17.5 Å². The lowest BCUT2D eigenvalue weighted by Crippen LogP contribution is -2.01. The number of halogens is 2. The Kier molecular flexibility index (Phi) is 3.65. The van der Waals surface area contributed by atoms with Crippen molar-refractivity contribution in [3.63, 3.8) is 0 Å². The van der Waals surface area contributed by atoms with Crippen LogP contribution in [0.4, 0.5) is 10.1 Å². The summed E-state index contributed by atoms with van der Waals surface area (Å²) >= 11 is 3.35. The molecule has 20 heavy (non-hydrogen) atoms. The topological polar surface area (TPSA) is 24.9 Å². The molecule has 0 radical (unpaired) electrons. The highest BCUT2D eigenvalue weighted by Crippen LogP contribution is 2.24. The minimum Gasteiger partial charge on any atom is -0.380 e. The molecule has 0 saturated carbocycles. The van der Waals surface area contributed by atoms with Gasteiger partial charge in [-0.25, -0.2) is 4.39 Å². The van der Waals surface area contributed by atoms with Crippen LogP contribution in [0.1, 0.15) is 5.56 Å². The van der Waals surface area contributed by atoms with E-state index in [1.54, 1.807) is 6.07 Å². The molecular formula is C16H12BrFN2. The largest absolute Gasteiger partial charge is 0.380 e. The third kappa shape index (κ3) is 2.65.